The first kappa shape index (κ1) is 15.0. The van der Waals surface area contributed by atoms with Crippen LogP contribution in [0.15, 0.2) is 12.7 Å². The first-order valence-corrected chi connectivity index (χ1v) is 4.55. The van der Waals surface area contributed by atoms with Crippen LogP contribution in [0.4, 0.5) is 32.3 Å². The monoisotopic (exact) mass is 288 g/mol. The van der Waals surface area contributed by atoms with Crippen LogP contribution in [0, 0.1) is 0 Å². The molecule has 1 heterocycles. The second kappa shape index (κ2) is 5.28. The van der Waals surface area contributed by atoms with Gasteiger partial charge in [-0.25, -0.2) is 0 Å². The molecule has 0 fully saturated rings. The Morgan fingerprint density at radius 2 is 1.74 bits per heavy atom. The summed E-state index contributed by atoms with van der Waals surface area (Å²) < 4.78 is 76.1. The van der Waals surface area contributed by atoms with Crippen LogP contribution in [0.2, 0.25) is 0 Å². The van der Waals surface area contributed by atoms with E-state index in [9.17, 15) is 26.3 Å². The topological polar surface area (TPSA) is 59.9 Å². The van der Waals surface area contributed by atoms with Crippen molar-refractivity contribution in [3.05, 3.63) is 18.5 Å². The number of ether oxygens (including phenoxy) is 1. The number of halogens is 6. The fourth-order valence-corrected chi connectivity index (χ4v) is 0.875. The molecule has 0 saturated carbocycles. The highest BCUT2D eigenvalue weighted by Crippen LogP contribution is 2.29. The smallest absolute Gasteiger partial charge is 0.370 e. The standard InChI is InChI=1S/C8H6F6N4O/c1-2-3-15-5-16-4(7(9,10)11)17-6(18-5)19-8(12,13)14/h2H,1,3H2,(H,15,16,17,18). The number of nitrogens with one attached hydrogen (secondary N) is 1. The molecule has 0 aliphatic carbocycles. The summed E-state index contributed by atoms with van der Waals surface area (Å²) in [5.41, 5.74) is 0. The molecule has 0 bridgehead atoms. The van der Waals surface area contributed by atoms with Crippen molar-refractivity contribution in [1.82, 2.24) is 15.0 Å². The maximum Gasteiger partial charge on any atom is 0.575 e. The Bertz CT molecular complexity index is 458. The molecule has 0 amide bonds. The van der Waals surface area contributed by atoms with Crippen LogP contribution in [0.5, 0.6) is 6.01 Å². The zero-order valence-electron chi connectivity index (χ0n) is 9.01. The third kappa shape index (κ3) is 4.97. The minimum atomic E-state index is -5.21. The predicted octanol–water partition coefficient (Wildman–Crippen LogP) is 2.39. The Balaban J connectivity index is 3.12. The van der Waals surface area contributed by atoms with Crippen LogP contribution < -0.4 is 10.1 Å². The number of rotatable bonds is 4. The first-order chi connectivity index (χ1) is 8.62. The zero-order chi connectivity index (χ0) is 14.7. The SMILES string of the molecule is C=CCNc1nc(OC(F)(F)F)nc(C(F)(F)F)n1. The van der Waals surface area contributed by atoms with E-state index in [1.54, 1.807) is 0 Å². The maximum absolute atomic E-state index is 12.4. The molecule has 0 aromatic carbocycles. The molecule has 1 rings (SSSR count). The van der Waals surface area contributed by atoms with Crippen LogP contribution in [0.25, 0.3) is 0 Å². The summed E-state index contributed by atoms with van der Waals surface area (Å²) in [6, 6.07) is -1.50. The fourth-order valence-electron chi connectivity index (χ4n) is 0.875. The molecule has 0 radical (unpaired) electrons. The maximum atomic E-state index is 12.4. The molecular weight excluding hydrogens is 282 g/mol. The Morgan fingerprint density at radius 3 is 2.21 bits per heavy atom. The van der Waals surface area contributed by atoms with E-state index in [0.717, 1.165) is 0 Å². The highest BCUT2D eigenvalue weighted by atomic mass is 19.4. The van der Waals surface area contributed by atoms with Crippen molar-refractivity contribution >= 4 is 5.95 Å². The summed E-state index contributed by atoms with van der Waals surface area (Å²) >= 11 is 0. The van der Waals surface area contributed by atoms with Crippen molar-refractivity contribution in [2.24, 2.45) is 0 Å². The van der Waals surface area contributed by atoms with Crippen LogP contribution in [0.1, 0.15) is 5.82 Å². The van der Waals surface area contributed by atoms with Gasteiger partial charge in [0.25, 0.3) is 0 Å². The van der Waals surface area contributed by atoms with Crippen molar-refractivity contribution in [2.45, 2.75) is 12.5 Å². The van der Waals surface area contributed by atoms with Crippen molar-refractivity contribution in [2.75, 3.05) is 11.9 Å². The van der Waals surface area contributed by atoms with Gasteiger partial charge in [0.15, 0.2) is 0 Å². The van der Waals surface area contributed by atoms with Crippen LogP contribution in [-0.4, -0.2) is 27.9 Å². The minimum absolute atomic E-state index is 0.0488. The van der Waals surface area contributed by atoms with Crippen molar-refractivity contribution in [1.29, 1.82) is 0 Å². The summed E-state index contributed by atoms with van der Waals surface area (Å²) in [5.74, 6) is -2.50. The van der Waals surface area contributed by atoms with Gasteiger partial charge in [-0.1, -0.05) is 6.08 Å². The van der Waals surface area contributed by atoms with Gasteiger partial charge in [0.2, 0.25) is 11.8 Å². The summed E-state index contributed by atoms with van der Waals surface area (Å²) in [5, 5.41) is 2.21. The number of aromatic nitrogens is 3. The Hall–Kier alpha value is -2.07. The van der Waals surface area contributed by atoms with Crippen molar-refractivity contribution in [3.8, 4) is 6.01 Å². The minimum Gasteiger partial charge on any atom is -0.370 e. The van der Waals surface area contributed by atoms with Gasteiger partial charge in [-0.05, 0) is 0 Å². The molecule has 0 spiro atoms. The van der Waals surface area contributed by atoms with E-state index in [0.29, 0.717) is 0 Å². The number of alkyl halides is 6. The lowest BCUT2D eigenvalue weighted by Crippen LogP contribution is -2.22. The highest BCUT2D eigenvalue weighted by molar-refractivity contribution is 5.27. The van der Waals surface area contributed by atoms with E-state index >= 15 is 0 Å². The van der Waals surface area contributed by atoms with E-state index in [2.05, 4.69) is 31.6 Å². The molecule has 19 heavy (non-hydrogen) atoms. The van der Waals surface area contributed by atoms with Crippen LogP contribution >= 0.6 is 0 Å². The molecule has 0 aliphatic heterocycles. The molecule has 5 nitrogen and oxygen atoms in total. The molecule has 1 aromatic rings. The number of nitrogens with zero attached hydrogens (tertiary/aromatic N) is 3. The number of hydrogen-bond donors (Lipinski definition) is 1. The molecule has 1 N–H and O–H groups in total. The molecule has 1 aromatic heterocycles. The largest absolute Gasteiger partial charge is 0.575 e. The van der Waals surface area contributed by atoms with Crippen molar-refractivity contribution < 1.29 is 31.1 Å². The average molecular weight is 288 g/mol. The summed E-state index contributed by atoms with van der Waals surface area (Å²) in [6.07, 6.45) is -8.99. The summed E-state index contributed by atoms with van der Waals surface area (Å²) in [6.45, 7) is 3.21. The van der Waals surface area contributed by atoms with E-state index in [4.69, 9.17) is 0 Å². The van der Waals surface area contributed by atoms with Gasteiger partial charge in [-0.15, -0.1) is 19.8 Å². The average Bonchev–Trinajstić information content (AvgIpc) is 2.22. The third-order valence-corrected chi connectivity index (χ3v) is 1.48. The van der Waals surface area contributed by atoms with E-state index in [-0.39, 0.29) is 6.54 Å². The summed E-state index contributed by atoms with van der Waals surface area (Å²) in [4.78, 5) is 8.51. The van der Waals surface area contributed by atoms with Gasteiger partial charge in [-0.3, -0.25) is 0 Å². The lowest BCUT2D eigenvalue weighted by molar-refractivity contribution is -0.278. The summed E-state index contributed by atoms with van der Waals surface area (Å²) in [7, 11) is 0. The van der Waals surface area contributed by atoms with Gasteiger partial charge in [0.1, 0.15) is 0 Å². The Morgan fingerprint density at radius 1 is 1.11 bits per heavy atom. The predicted molar refractivity (Wildman–Crippen MR) is 50.2 cm³/mol. The second-order valence-electron chi connectivity index (χ2n) is 2.98. The normalized spacial score (nSPS) is 12.1. The van der Waals surface area contributed by atoms with E-state index < -0.39 is 30.3 Å². The Kier molecular flexibility index (Phi) is 4.17. The number of anilines is 1. The molecule has 11 heteroatoms. The molecule has 0 atom stereocenters. The molecule has 106 valence electrons. The Labute approximate surface area is 102 Å². The quantitative estimate of drug-likeness (QED) is 0.681. The van der Waals surface area contributed by atoms with Gasteiger partial charge in [0, 0.05) is 6.54 Å². The van der Waals surface area contributed by atoms with E-state index in [1.807, 2.05) is 0 Å². The third-order valence-electron chi connectivity index (χ3n) is 1.48. The van der Waals surface area contributed by atoms with Crippen molar-refractivity contribution in [3.63, 3.8) is 0 Å². The van der Waals surface area contributed by atoms with Gasteiger partial charge in [-0.2, -0.15) is 28.1 Å². The first-order valence-electron chi connectivity index (χ1n) is 4.55. The molecular formula is C8H6F6N4O. The van der Waals surface area contributed by atoms with E-state index in [1.165, 1.54) is 6.08 Å². The molecule has 0 aliphatic rings. The molecule has 0 saturated heterocycles. The second-order valence-corrected chi connectivity index (χ2v) is 2.98. The lowest BCUT2D eigenvalue weighted by atomic mass is 10.6. The van der Waals surface area contributed by atoms with Gasteiger partial charge >= 0.3 is 18.5 Å². The fraction of sp³-hybridized carbons (Fsp3) is 0.375. The highest BCUT2D eigenvalue weighted by Gasteiger charge is 2.38. The van der Waals surface area contributed by atoms with Crippen LogP contribution in [0.3, 0.4) is 0 Å². The zero-order valence-corrected chi connectivity index (χ0v) is 9.01. The van der Waals surface area contributed by atoms with Crippen LogP contribution in [-0.2, 0) is 6.18 Å². The lowest BCUT2D eigenvalue weighted by Gasteiger charge is -2.11. The van der Waals surface area contributed by atoms with Gasteiger partial charge < -0.3 is 10.1 Å². The number of hydrogen-bond acceptors (Lipinski definition) is 5. The van der Waals surface area contributed by atoms with Gasteiger partial charge in [0.05, 0.1) is 0 Å². The molecule has 0 unspecified atom stereocenters.